The summed E-state index contributed by atoms with van der Waals surface area (Å²) in [5.41, 5.74) is 10.4. The number of rotatable bonds is 4. The van der Waals surface area contributed by atoms with Crippen molar-refractivity contribution in [2.45, 2.75) is 51.1 Å². The van der Waals surface area contributed by atoms with E-state index >= 15 is 0 Å². The van der Waals surface area contributed by atoms with E-state index in [1.54, 1.807) is 24.6 Å². The van der Waals surface area contributed by atoms with Crippen LogP contribution in [0.1, 0.15) is 64.1 Å². The van der Waals surface area contributed by atoms with Gasteiger partial charge in [-0.2, -0.15) is 0 Å². The van der Waals surface area contributed by atoms with Crippen LogP contribution < -0.4 is 15.9 Å². The van der Waals surface area contributed by atoms with E-state index in [2.05, 4.69) is 6.92 Å². The van der Waals surface area contributed by atoms with E-state index < -0.39 is 5.97 Å². The highest BCUT2D eigenvalue weighted by Crippen LogP contribution is 2.48. The number of fused-ring (bicyclic) bond motifs is 2. The van der Waals surface area contributed by atoms with Crippen LogP contribution in [0, 0.1) is 6.92 Å². The molecule has 31 heavy (non-hydrogen) atoms. The van der Waals surface area contributed by atoms with Gasteiger partial charge < -0.3 is 19.8 Å². The van der Waals surface area contributed by atoms with E-state index in [1.165, 1.54) is 23.1 Å². The first-order chi connectivity index (χ1) is 15.0. The smallest absolute Gasteiger partial charge is 0.343 e. The fraction of sp³-hybridized carbons (Fsp3) is 0.417. The van der Waals surface area contributed by atoms with Gasteiger partial charge in [0.05, 0.1) is 25.1 Å². The van der Waals surface area contributed by atoms with Crippen molar-refractivity contribution in [3.8, 4) is 16.2 Å². The van der Waals surface area contributed by atoms with Crippen molar-refractivity contribution in [1.82, 2.24) is 4.57 Å². The largest absolute Gasteiger partial charge is 0.494 e. The number of carbonyl (C=O) groups is 1. The van der Waals surface area contributed by atoms with Crippen molar-refractivity contribution in [3.63, 3.8) is 0 Å². The molecule has 2 heterocycles. The molecule has 2 aliphatic carbocycles. The molecule has 2 N–H and O–H groups in total. The van der Waals surface area contributed by atoms with Gasteiger partial charge in [0, 0.05) is 33.6 Å². The summed E-state index contributed by atoms with van der Waals surface area (Å²) in [6, 6.07) is 4.09. The van der Waals surface area contributed by atoms with Crippen LogP contribution in [0.4, 0.5) is 0 Å². The lowest BCUT2D eigenvalue weighted by molar-refractivity contribution is 0.0598. The molecule has 1 saturated carbocycles. The number of aryl methyl sites for hydroxylation is 1. The average Bonchev–Trinajstić information content (AvgIpc) is 3.56. The lowest BCUT2D eigenvalue weighted by Gasteiger charge is -2.19. The summed E-state index contributed by atoms with van der Waals surface area (Å²) in [5, 5.41) is 0.478. The number of hydrogen-bond donors (Lipinski definition) is 1. The Morgan fingerprint density at radius 3 is 2.65 bits per heavy atom. The van der Waals surface area contributed by atoms with E-state index in [-0.39, 0.29) is 23.1 Å². The van der Waals surface area contributed by atoms with Gasteiger partial charge in [0.2, 0.25) is 5.43 Å². The van der Waals surface area contributed by atoms with Gasteiger partial charge in [-0.3, -0.25) is 4.79 Å². The molecule has 1 aromatic carbocycles. The molecule has 3 aromatic rings. The summed E-state index contributed by atoms with van der Waals surface area (Å²) < 4.78 is 12.8. The molecule has 1 fully saturated rings. The summed E-state index contributed by atoms with van der Waals surface area (Å²) in [6.07, 6.45) is 6.83. The lowest BCUT2D eigenvalue weighted by Crippen LogP contribution is -2.20. The van der Waals surface area contributed by atoms with Crippen molar-refractivity contribution in [2.75, 3.05) is 14.2 Å². The minimum atomic E-state index is -0.611. The highest BCUT2D eigenvalue weighted by atomic mass is 32.1. The lowest BCUT2D eigenvalue weighted by atomic mass is 9.90. The molecule has 0 aliphatic heterocycles. The predicted octanol–water partition coefficient (Wildman–Crippen LogP) is 4.50. The normalized spacial score (nSPS) is 18.1. The highest BCUT2D eigenvalue weighted by Gasteiger charge is 2.31. The molecule has 0 radical (unpaired) electrons. The van der Waals surface area contributed by atoms with Gasteiger partial charge in [-0.1, -0.05) is 0 Å². The van der Waals surface area contributed by atoms with Crippen LogP contribution in [-0.4, -0.2) is 24.8 Å². The predicted molar refractivity (Wildman–Crippen MR) is 122 cm³/mol. The topological polar surface area (TPSA) is 83.6 Å². The Morgan fingerprint density at radius 2 is 2.00 bits per heavy atom. The molecule has 162 valence electrons. The maximum Gasteiger partial charge on any atom is 0.343 e. The molecule has 2 aromatic heterocycles. The Morgan fingerprint density at radius 1 is 1.23 bits per heavy atom. The van der Waals surface area contributed by atoms with Crippen molar-refractivity contribution in [3.05, 3.63) is 50.1 Å². The third kappa shape index (κ3) is 3.10. The second kappa shape index (κ2) is 7.50. The second-order valence-electron chi connectivity index (χ2n) is 8.44. The van der Waals surface area contributed by atoms with Gasteiger partial charge in [0.25, 0.3) is 0 Å². The number of carbonyl (C=O) groups excluding carboxylic acids is 1. The van der Waals surface area contributed by atoms with Crippen molar-refractivity contribution in [1.29, 1.82) is 0 Å². The van der Waals surface area contributed by atoms with E-state index in [9.17, 15) is 9.59 Å². The number of benzene rings is 1. The average molecular weight is 439 g/mol. The van der Waals surface area contributed by atoms with Crippen LogP contribution >= 0.6 is 11.3 Å². The van der Waals surface area contributed by atoms with Gasteiger partial charge in [0.1, 0.15) is 5.56 Å². The number of nitrogens with two attached hydrogens (primary N) is 1. The standard InChI is InChI=1S/C24H26N2O4S/c1-12-19-17(25)5-4-6-18(19)31-23(12)15-10-9-14-20(22(15)29-2)26(13-7-8-13)11-16(21(14)27)24(28)30-3/h9-11,13,17H,4-8,25H2,1-3H3. The minimum absolute atomic E-state index is 0.0606. The van der Waals surface area contributed by atoms with E-state index in [0.29, 0.717) is 11.1 Å². The number of methoxy groups -OCH3 is 2. The molecule has 1 unspecified atom stereocenters. The van der Waals surface area contributed by atoms with Crippen molar-refractivity contribution < 1.29 is 14.3 Å². The first kappa shape index (κ1) is 20.3. The van der Waals surface area contributed by atoms with Crippen LogP contribution in [0.15, 0.2) is 23.1 Å². The molecule has 0 spiro atoms. The Balaban J connectivity index is 1.80. The van der Waals surface area contributed by atoms with E-state index in [1.807, 2.05) is 16.7 Å². The molecule has 0 bridgehead atoms. The van der Waals surface area contributed by atoms with E-state index in [0.717, 1.165) is 48.1 Å². The van der Waals surface area contributed by atoms with Crippen LogP contribution in [-0.2, 0) is 11.2 Å². The third-order valence-electron chi connectivity index (χ3n) is 6.50. The maximum absolute atomic E-state index is 13.1. The number of thiophene rings is 1. The molecule has 0 amide bonds. The van der Waals surface area contributed by atoms with Crippen LogP contribution in [0.2, 0.25) is 0 Å². The number of esters is 1. The third-order valence-corrected chi connectivity index (χ3v) is 7.90. The monoisotopic (exact) mass is 438 g/mol. The van der Waals surface area contributed by atoms with Gasteiger partial charge in [-0.05, 0) is 62.3 Å². The number of pyridine rings is 1. The summed E-state index contributed by atoms with van der Waals surface area (Å²) in [6.45, 7) is 2.13. The number of hydrogen-bond acceptors (Lipinski definition) is 6. The summed E-state index contributed by atoms with van der Waals surface area (Å²) in [4.78, 5) is 27.9. The fourth-order valence-electron chi connectivity index (χ4n) is 4.84. The summed E-state index contributed by atoms with van der Waals surface area (Å²) in [7, 11) is 2.94. The van der Waals surface area contributed by atoms with Gasteiger partial charge in [-0.25, -0.2) is 4.79 Å². The van der Waals surface area contributed by atoms with Gasteiger partial charge >= 0.3 is 5.97 Å². The van der Waals surface area contributed by atoms with Gasteiger partial charge in [-0.15, -0.1) is 11.3 Å². The number of ether oxygens (including phenoxy) is 2. The van der Waals surface area contributed by atoms with Crippen molar-refractivity contribution in [2.24, 2.45) is 5.73 Å². The molecule has 5 rings (SSSR count). The van der Waals surface area contributed by atoms with Crippen LogP contribution in [0.25, 0.3) is 21.3 Å². The molecular formula is C24H26N2O4S. The molecule has 7 heteroatoms. The molecular weight excluding hydrogens is 412 g/mol. The van der Waals surface area contributed by atoms with Crippen LogP contribution in [0.5, 0.6) is 5.75 Å². The van der Waals surface area contributed by atoms with Crippen LogP contribution in [0.3, 0.4) is 0 Å². The maximum atomic E-state index is 13.1. The Hall–Kier alpha value is -2.64. The highest BCUT2D eigenvalue weighted by molar-refractivity contribution is 7.16. The SMILES string of the molecule is COC(=O)c1cn(C2CC2)c2c(OC)c(-c3sc4c(c3C)C(N)CCC4)ccc2c1=O. The Kier molecular flexibility index (Phi) is 4.90. The fourth-order valence-corrected chi connectivity index (χ4v) is 6.28. The number of nitrogens with zero attached hydrogens (tertiary/aromatic N) is 1. The molecule has 1 atom stereocenters. The zero-order valence-electron chi connectivity index (χ0n) is 18.0. The first-order valence-electron chi connectivity index (χ1n) is 10.7. The van der Waals surface area contributed by atoms with E-state index in [4.69, 9.17) is 15.2 Å². The zero-order valence-corrected chi connectivity index (χ0v) is 18.8. The quantitative estimate of drug-likeness (QED) is 0.606. The summed E-state index contributed by atoms with van der Waals surface area (Å²) >= 11 is 1.78. The molecule has 2 aliphatic rings. The summed E-state index contributed by atoms with van der Waals surface area (Å²) in [5.74, 6) is 0.0632. The second-order valence-corrected chi connectivity index (χ2v) is 9.54. The first-order valence-corrected chi connectivity index (χ1v) is 11.5. The van der Waals surface area contributed by atoms with Crippen molar-refractivity contribution >= 4 is 28.2 Å². The Bertz CT molecular complexity index is 1270. The Labute approximate surface area is 184 Å². The molecule has 6 nitrogen and oxygen atoms in total. The number of aromatic nitrogens is 1. The minimum Gasteiger partial charge on any atom is -0.494 e. The zero-order chi connectivity index (χ0) is 21.9. The molecule has 0 saturated heterocycles. The van der Waals surface area contributed by atoms with Gasteiger partial charge in [0.15, 0.2) is 5.75 Å².